The Bertz CT molecular complexity index is 1020. The molecule has 1 atom stereocenters. The summed E-state index contributed by atoms with van der Waals surface area (Å²) in [6, 6.07) is 18.1. The second-order valence-corrected chi connectivity index (χ2v) is 8.93. The smallest absolute Gasteiger partial charge is 0.235 e. The number of para-hydroxylation sites is 2. The van der Waals surface area contributed by atoms with Gasteiger partial charge in [0.2, 0.25) is 11.1 Å². The van der Waals surface area contributed by atoms with Crippen LogP contribution in [0, 0.1) is 0 Å². The summed E-state index contributed by atoms with van der Waals surface area (Å²) >= 11 is 1.37. The molecule has 0 aliphatic carbocycles. The highest BCUT2D eigenvalue weighted by Crippen LogP contribution is 2.28. The molecule has 8 nitrogen and oxygen atoms in total. The van der Waals surface area contributed by atoms with Crippen LogP contribution in [0.2, 0.25) is 0 Å². The topological polar surface area (TPSA) is 76.4 Å². The number of nitrogens with zero attached hydrogens (tertiary/aromatic N) is 6. The zero-order chi connectivity index (χ0) is 22.3. The Morgan fingerprint density at radius 3 is 2.53 bits per heavy atom. The summed E-state index contributed by atoms with van der Waals surface area (Å²) in [7, 11) is 0. The van der Waals surface area contributed by atoms with Crippen molar-refractivity contribution >= 4 is 17.7 Å². The molecule has 32 heavy (non-hydrogen) atoms. The van der Waals surface area contributed by atoms with E-state index in [1.165, 1.54) is 17.3 Å². The summed E-state index contributed by atoms with van der Waals surface area (Å²) in [5.41, 5.74) is 2.06. The number of amides is 1. The van der Waals surface area contributed by atoms with E-state index in [1.807, 2.05) is 49.1 Å². The first-order valence-corrected chi connectivity index (χ1v) is 11.8. The zero-order valence-electron chi connectivity index (χ0n) is 18.4. The van der Waals surface area contributed by atoms with Gasteiger partial charge in [-0.3, -0.25) is 9.69 Å². The number of hydrogen-bond donors (Lipinski definition) is 0. The fraction of sp³-hybridized carbons (Fsp3) is 0.391. The first-order chi connectivity index (χ1) is 15.7. The van der Waals surface area contributed by atoms with Crippen LogP contribution in [0.3, 0.4) is 0 Å². The molecule has 3 aromatic rings. The summed E-state index contributed by atoms with van der Waals surface area (Å²) in [6.07, 6.45) is 0. The summed E-state index contributed by atoms with van der Waals surface area (Å²) in [5.74, 6) is 0.819. The minimum Gasteiger partial charge on any atom is -0.492 e. The van der Waals surface area contributed by atoms with E-state index in [0.717, 1.165) is 38.4 Å². The van der Waals surface area contributed by atoms with Crippen molar-refractivity contribution in [3.8, 4) is 11.4 Å². The van der Waals surface area contributed by atoms with Gasteiger partial charge in [-0.05, 0) is 42.0 Å². The van der Waals surface area contributed by atoms with E-state index in [-0.39, 0.29) is 11.2 Å². The van der Waals surface area contributed by atoms with Crippen LogP contribution in [-0.4, -0.2) is 74.0 Å². The van der Waals surface area contributed by atoms with Crippen molar-refractivity contribution in [1.82, 2.24) is 30.0 Å². The van der Waals surface area contributed by atoms with Crippen LogP contribution in [0.5, 0.6) is 5.75 Å². The summed E-state index contributed by atoms with van der Waals surface area (Å²) in [4.78, 5) is 17.4. The molecule has 1 amide bonds. The quantitative estimate of drug-likeness (QED) is 0.487. The molecule has 0 spiro atoms. The fourth-order valence-corrected chi connectivity index (χ4v) is 4.63. The van der Waals surface area contributed by atoms with E-state index in [9.17, 15) is 4.79 Å². The normalized spacial score (nSPS) is 15.5. The molecular formula is C23H28N6O2S. The van der Waals surface area contributed by atoms with Gasteiger partial charge in [-0.15, -0.1) is 5.10 Å². The minimum absolute atomic E-state index is 0.113. The van der Waals surface area contributed by atoms with E-state index >= 15 is 0 Å². The molecule has 2 aromatic carbocycles. The molecule has 0 N–H and O–H groups in total. The zero-order valence-corrected chi connectivity index (χ0v) is 19.2. The molecule has 168 valence electrons. The van der Waals surface area contributed by atoms with Crippen LogP contribution in [0.4, 0.5) is 0 Å². The summed E-state index contributed by atoms with van der Waals surface area (Å²) in [5, 5.41) is 12.4. The van der Waals surface area contributed by atoms with Gasteiger partial charge in [-0.1, -0.05) is 54.2 Å². The average Bonchev–Trinajstić information content (AvgIpc) is 3.28. The van der Waals surface area contributed by atoms with E-state index in [0.29, 0.717) is 17.5 Å². The molecule has 1 fully saturated rings. The molecule has 0 radical (unpaired) electrons. The van der Waals surface area contributed by atoms with Gasteiger partial charge in [-0.2, -0.15) is 4.68 Å². The molecule has 0 saturated carbocycles. The van der Waals surface area contributed by atoms with Crippen molar-refractivity contribution in [2.75, 3.05) is 32.8 Å². The third-order valence-corrected chi connectivity index (χ3v) is 6.42. The van der Waals surface area contributed by atoms with Crippen molar-refractivity contribution in [1.29, 1.82) is 0 Å². The minimum atomic E-state index is -0.292. The number of ether oxygens (including phenoxy) is 1. The maximum atomic E-state index is 13.1. The molecule has 1 unspecified atom stereocenters. The SMILES string of the molecule is CCOc1ccccc1-n1nnnc1SC(C)C(=O)N1CCN(Cc2ccccc2)CC1. The number of carbonyl (C=O) groups is 1. The van der Waals surface area contributed by atoms with E-state index < -0.39 is 0 Å². The molecule has 4 rings (SSSR count). The Balaban J connectivity index is 1.36. The predicted octanol–water partition coefficient (Wildman–Crippen LogP) is 2.89. The lowest BCUT2D eigenvalue weighted by Gasteiger charge is -2.35. The molecule has 2 heterocycles. The van der Waals surface area contributed by atoms with Gasteiger partial charge in [-0.25, -0.2) is 0 Å². The highest BCUT2D eigenvalue weighted by Gasteiger charge is 2.27. The van der Waals surface area contributed by atoms with Gasteiger partial charge in [0, 0.05) is 32.7 Å². The summed E-state index contributed by atoms with van der Waals surface area (Å²) < 4.78 is 7.35. The van der Waals surface area contributed by atoms with Crippen molar-refractivity contribution in [3.63, 3.8) is 0 Å². The monoisotopic (exact) mass is 452 g/mol. The number of tetrazole rings is 1. The largest absolute Gasteiger partial charge is 0.492 e. The first kappa shape index (κ1) is 22.3. The summed E-state index contributed by atoms with van der Waals surface area (Å²) in [6.45, 7) is 8.52. The highest BCUT2D eigenvalue weighted by molar-refractivity contribution is 8.00. The third kappa shape index (κ3) is 5.28. The fourth-order valence-electron chi connectivity index (χ4n) is 3.75. The lowest BCUT2D eigenvalue weighted by molar-refractivity contribution is -0.132. The van der Waals surface area contributed by atoms with Crippen molar-refractivity contribution in [3.05, 3.63) is 60.2 Å². The molecule has 1 aliphatic heterocycles. The van der Waals surface area contributed by atoms with Gasteiger partial charge in [0.05, 0.1) is 11.9 Å². The van der Waals surface area contributed by atoms with Crippen LogP contribution >= 0.6 is 11.8 Å². The van der Waals surface area contributed by atoms with Crippen molar-refractivity contribution in [2.24, 2.45) is 0 Å². The Labute approximate surface area is 192 Å². The molecule has 1 aliphatic rings. The molecule has 1 saturated heterocycles. The molecule has 1 aromatic heterocycles. The first-order valence-electron chi connectivity index (χ1n) is 10.9. The molecule has 9 heteroatoms. The Morgan fingerprint density at radius 1 is 1.06 bits per heavy atom. The van der Waals surface area contributed by atoms with Gasteiger partial charge in [0.1, 0.15) is 11.4 Å². The second kappa shape index (κ2) is 10.6. The maximum absolute atomic E-state index is 13.1. The Kier molecular flexibility index (Phi) is 7.39. The van der Waals surface area contributed by atoms with Gasteiger partial charge >= 0.3 is 0 Å². The van der Waals surface area contributed by atoms with E-state index in [4.69, 9.17) is 4.74 Å². The van der Waals surface area contributed by atoms with Crippen molar-refractivity contribution in [2.45, 2.75) is 30.8 Å². The van der Waals surface area contributed by atoms with Crippen LogP contribution in [0.25, 0.3) is 5.69 Å². The lowest BCUT2D eigenvalue weighted by Crippen LogP contribution is -2.50. The van der Waals surface area contributed by atoms with Crippen LogP contribution in [0.15, 0.2) is 59.8 Å². The Hall–Kier alpha value is -2.91. The van der Waals surface area contributed by atoms with Gasteiger partial charge < -0.3 is 9.64 Å². The van der Waals surface area contributed by atoms with E-state index in [2.05, 4.69) is 44.7 Å². The number of hydrogen-bond acceptors (Lipinski definition) is 7. The third-order valence-electron chi connectivity index (χ3n) is 5.40. The number of benzene rings is 2. The molecular weight excluding hydrogens is 424 g/mol. The second-order valence-electron chi connectivity index (χ2n) is 7.62. The van der Waals surface area contributed by atoms with Crippen LogP contribution in [0.1, 0.15) is 19.4 Å². The number of carbonyl (C=O) groups excluding carboxylic acids is 1. The highest BCUT2D eigenvalue weighted by atomic mass is 32.2. The standard InChI is InChI=1S/C23H28N6O2S/c1-3-31-21-12-8-7-11-20(21)29-23(24-25-26-29)32-18(2)22(30)28-15-13-27(14-16-28)17-19-9-5-4-6-10-19/h4-12,18H,3,13-17H2,1-2H3. The molecule has 0 bridgehead atoms. The van der Waals surface area contributed by atoms with E-state index in [1.54, 1.807) is 4.68 Å². The lowest BCUT2D eigenvalue weighted by atomic mass is 10.2. The Morgan fingerprint density at radius 2 is 1.78 bits per heavy atom. The van der Waals surface area contributed by atoms with Gasteiger partial charge in [0.15, 0.2) is 0 Å². The van der Waals surface area contributed by atoms with Crippen LogP contribution in [-0.2, 0) is 11.3 Å². The average molecular weight is 453 g/mol. The number of aromatic nitrogens is 4. The maximum Gasteiger partial charge on any atom is 0.235 e. The number of rotatable bonds is 8. The predicted molar refractivity (Wildman–Crippen MR) is 124 cm³/mol. The number of piperazine rings is 1. The van der Waals surface area contributed by atoms with Crippen molar-refractivity contribution < 1.29 is 9.53 Å². The number of thioether (sulfide) groups is 1. The van der Waals surface area contributed by atoms with Crippen LogP contribution < -0.4 is 4.74 Å². The van der Waals surface area contributed by atoms with Gasteiger partial charge in [0.25, 0.3) is 0 Å².